The Morgan fingerprint density at radius 2 is 2.14 bits per heavy atom. The lowest BCUT2D eigenvalue weighted by atomic mass is 10.2. The summed E-state index contributed by atoms with van der Waals surface area (Å²) in [7, 11) is 4.06. The van der Waals surface area contributed by atoms with Gasteiger partial charge in [-0.3, -0.25) is 0 Å². The lowest BCUT2D eigenvalue weighted by Gasteiger charge is -2.15. The third-order valence-electron chi connectivity index (χ3n) is 2.35. The number of likely N-dealkylation sites (N-methyl/N-ethyl adjacent to an activating group) is 2. The van der Waals surface area contributed by atoms with Gasteiger partial charge >= 0.3 is 0 Å². The molecular weight excluding hydrogens is 178 g/mol. The van der Waals surface area contributed by atoms with Crippen LogP contribution >= 0.6 is 0 Å². The normalized spacial score (nSPS) is 11.2. The molecule has 0 aliphatic rings. The zero-order valence-electron chi connectivity index (χ0n) is 9.42. The predicted molar refractivity (Wildman–Crippen MR) is 56.2 cm³/mol. The van der Waals surface area contributed by atoms with Crippen LogP contribution in [0.15, 0.2) is 4.52 Å². The highest BCUT2D eigenvalue weighted by Crippen LogP contribution is 2.13. The van der Waals surface area contributed by atoms with Gasteiger partial charge in [-0.05, 0) is 27.9 Å². The molecule has 0 aromatic carbocycles. The summed E-state index contributed by atoms with van der Waals surface area (Å²) in [5.41, 5.74) is 2.21. The molecule has 1 aromatic heterocycles. The monoisotopic (exact) mass is 197 g/mol. The summed E-state index contributed by atoms with van der Waals surface area (Å²) in [6.07, 6.45) is 0. The molecule has 0 aliphatic heterocycles. The molecule has 0 saturated heterocycles. The molecule has 0 radical (unpaired) electrons. The van der Waals surface area contributed by atoms with E-state index in [1.165, 1.54) is 5.56 Å². The van der Waals surface area contributed by atoms with Crippen LogP contribution < -0.4 is 5.32 Å². The van der Waals surface area contributed by atoms with Gasteiger partial charge in [-0.25, -0.2) is 0 Å². The molecule has 1 N–H and O–H groups in total. The fraction of sp³-hybridized carbons (Fsp3) is 0.700. The van der Waals surface area contributed by atoms with Crippen LogP contribution in [0.25, 0.3) is 0 Å². The Labute approximate surface area is 85.3 Å². The highest BCUT2D eigenvalue weighted by Gasteiger charge is 2.10. The first-order chi connectivity index (χ1) is 6.65. The minimum absolute atomic E-state index is 0.906. The standard InChI is InChI=1S/C10H19N3O/c1-8-10(9(2)14-12-8)7-13(4)6-5-11-3/h11H,5-7H2,1-4H3. The van der Waals surface area contributed by atoms with Gasteiger partial charge in [-0.2, -0.15) is 0 Å². The van der Waals surface area contributed by atoms with Gasteiger partial charge in [0.05, 0.1) is 5.69 Å². The Morgan fingerprint density at radius 1 is 1.43 bits per heavy atom. The largest absolute Gasteiger partial charge is 0.361 e. The van der Waals surface area contributed by atoms with Gasteiger partial charge in [0, 0.05) is 25.2 Å². The summed E-state index contributed by atoms with van der Waals surface area (Å²) in [4.78, 5) is 2.25. The Morgan fingerprint density at radius 3 is 2.64 bits per heavy atom. The van der Waals surface area contributed by atoms with E-state index < -0.39 is 0 Å². The first-order valence-corrected chi connectivity index (χ1v) is 4.90. The average molecular weight is 197 g/mol. The van der Waals surface area contributed by atoms with Gasteiger partial charge < -0.3 is 14.7 Å². The van der Waals surface area contributed by atoms with Crippen LogP contribution in [0.4, 0.5) is 0 Å². The second-order valence-corrected chi connectivity index (χ2v) is 3.64. The third kappa shape index (κ3) is 2.82. The summed E-state index contributed by atoms with van der Waals surface area (Å²) in [5, 5.41) is 7.06. The quantitative estimate of drug-likeness (QED) is 0.763. The summed E-state index contributed by atoms with van der Waals surface area (Å²) >= 11 is 0. The molecular formula is C10H19N3O. The molecule has 4 nitrogen and oxygen atoms in total. The van der Waals surface area contributed by atoms with E-state index in [1.54, 1.807) is 0 Å². The second kappa shape index (κ2) is 5.12. The lowest BCUT2D eigenvalue weighted by Crippen LogP contribution is -2.27. The van der Waals surface area contributed by atoms with Crippen LogP contribution in [-0.2, 0) is 6.54 Å². The van der Waals surface area contributed by atoms with Crippen molar-refractivity contribution in [3.8, 4) is 0 Å². The van der Waals surface area contributed by atoms with Crippen LogP contribution in [0.2, 0.25) is 0 Å². The van der Waals surface area contributed by atoms with Crippen molar-refractivity contribution in [1.29, 1.82) is 0 Å². The molecule has 0 unspecified atom stereocenters. The molecule has 1 aromatic rings. The molecule has 0 spiro atoms. The number of aryl methyl sites for hydroxylation is 2. The van der Waals surface area contributed by atoms with E-state index in [-0.39, 0.29) is 0 Å². The number of hydrogen-bond donors (Lipinski definition) is 1. The maximum Gasteiger partial charge on any atom is 0.138 e. The summed E-state index contributed by atoms with van der Waals surface area (Å²) in [6, 6.07) is 0. The van der Waals surface area contributed by atoms with E-state index in [0.717, 1.165) is 31.1 Å². The van der Waals surface area contributed by atoms with Crippen molar-refractivity contribution >= 4 is 0 Å². The first kappa shape index (κ1) is 11.2. The van der Waals surface area contributed by atoms with E-state index in [9.17, 15) is 0 Å². The van der Waals surface area contributed by atoms with Crippen molar-refractivity contribution in [2.24, 2.45) is 0 Å². The first-order valence-electron chi connectivity index (χ1n) is 4.90. The van der Waals surface area contributed by atoms with Crippen LogP contribution in [-0.4, -0.2) is 37.2 Å². The van der Waals surface area contributed by atoms with Crippen LogP contribution in [0.5, 0.6) is 0 Å². The molecule has 1 heterocycles. The average Bonchev–Trinajstić information content (AvgIpc) is 2.46. The van der Waals surface area contributed by atoms with Gasteiger partial charge in [-0.1, -0.05) is 5.16 Å². The molecule has 0 atom stereocenters. The minimum atomic E-state index is 0.906. The molecule has 14 heavy (non-hydrogen) atoms. The van der Waals surface area contributed by atoms with Crippen LogP contribution in [0.1, 0.15) is 17.0 Å². The van der Waals surface area contributed by atoms with Crippen molar-refractivity contribution in [3.05, 3.63) is 17.0 Å². The minimum Gasteiger partial charge on any atom is -0.361 e. The van der Waals surface area contributed by atoms with E-state index in [1.807, 2.05) is 20.9 Å². The topological polar surface area (TPSA) is 41.3 Å². The lowest BCUT2D eigenvalue weighted by molar-refractivity contribution is 0.324. The van der Waals surface area contributed by atoms with E-state index in [0.29, 0.717) is 0 Å². The molecule has 0 aliphatic carbocycles. The van der Waals surface area contributed by atoms with Gasteiger partial charge in [0.25, 0.3) is 0 Å². The van der Waals surface area contributed by atoms with Crippen molar-refractivity contribution in [1.82, 2.24) is 15.4 Å². The molecule has 4 heteroatoms. The molecule has 0 bridgehead atoms. The van der Waals surface area contributed by atoms with Gasteiger partial charge in [0.1, 0.15) is 5.76 Å². The summed E-state index contributed by atoms with van der Waals surface area (Å²) in [5.74, 6) is 0.929. The second-order valence-electron chi connectivity index (χ2n) is 3.64. The maximum atomic E-state index is 5.11. The SMILES string of the molecule is CNCCN(C)Cc1c(C)noc1C. The van der Waals surface area contributed by atoms with E-state index in [2.05, 4.69) is 22.4 Å². The number of hydrogen-bond acceptors (Lipinski definition) is 4. The highest BCUT2D eigenvalue weighted by atomic mass is 16.5. The Hall–Kier alpha value is -0.870. The fourth-order valence-electron chi connectivity index (χ4n) is 1.38. The third-order valence-corrected chi connectivity index (χ3v) is 2.35. The summed E-state index contributed by atoms with van der Waals surface area (Å²) in [6.45, 7) is 6.88. The Kier molecular flexibility index (Phi) is 4.10. The molecule has 1 rings (SSSR count). The van der Waals surface area contributed by atoms with Crippen LogP contribution in [0.3, 0.4) is 0 Å². The zero-order chi connectivity index (χ0) is 10.6. The predicted octanol–water partition coefficient (Wildman–Crippen LogP) is 0.943. The number of nitrogens with zero attached hydrogens (tertiary/aromatic N) is 2. The van der Waals surface area contributed by atoms with Crippen molar-refractivity contribution in [2.75, 3.05) is 27.2 Å². The summed E-state index contributed by atoms with van der Waals surface area (Å²) < 4.78 is 5.11. The zero-order valence-corrected chi connectivity index (χ0v) is 9.42. The van der Waals surface area contributed by atoms with E-state index in [4.69, 9.17) is 4.52 Å². The highest BCUT2D eigenvalue weighted by molar-refractivity contribution is 5.20. The molecule has 0 fully saturated rings. The van der Waals surface area contributed by atoms with Crippen molar-refractivity contribution in [3.63, 3.8) is 0 Å². The molecule has 80 valence electrons. The number of rotatable bonds is 5. The van der Waals surface area contributed by atoms with Gasteiger partial charge in [0.2, 0.25) is 0 Å². The molecule has 0 saturated carbocycles. The van der Waals surface area contributed by atoms with Crippen molar-refractivity contribution in [2.45, 2.75) is 20.4 Å². The van der Waals surface area contributed by atoms with E-state index >= 15 is 0 Å². The Bertz CT molecular complexity index is 263. The van der Waals surface area contributed by atoms with Crippen LogP contribution in [0, 0.1) is 13.8 Å². The smallest absolute Gasteiger partial charge is 0.138 e. The van der Waals surface area contributed by atoms with Crippen molar-refractivity contribution < 1.29 is 4.52 Å². The Balaban J connectivity index is 2.51. The number of nitrogens with one attached hydrogen (secondary N) is 1. The maximum absolute atomic E-state index is 5.11. The fourth-order valence-corrected chi connectivity index (χ4v) is 1.38. The van der Waals surface area contributed by atoms with Gasteiger partial charge in [0.15, 0.2) is 0 Å². The van der Waals surface area contributed by atoms with Gasteiger partial charge in [-0.15, -0.1) is 0 Å². The molecule has 0 amide bonds. The number of aromatic nitrogens is 1.